The van der Waals surface area contributed by atoms with E-state index in [0.29, 0.717) is 0 Å². The van der Waals surface area contributed by atoms with E-state index in [-0.39, 0.29) is 24.0 Å². The van der Waals surface area contributed by atoms with Crippen LogP contribution < -0.4 is 33.4 Å². The van der Waals surface area contributed by atoms with Gasteiger partial charge < -0.3 is 28.9 Å². The Morgan fingerprint density at radius 1 is 0.556 bits per heavy atom. The van der Waals surface area contributed by atoms with Crippen LogP contribution in [0.15, 0.2) is 48.8 Å². The maximum Gasteiger partial charge on any atom is 0.169 e. The van der Waals surface area contributed by atoms with Crippen molar-refractivity contribution in [3.63, 3.8) is 0 Å². The van der Waals surface area contributed by atoms with Crippen LogP contribution in [0.1, 0.15) is 121 Å². The maximum atomic E-state index is 2.33. The average Bonchev–Trinajstić information content (AvgIpc) is 2.88. The van der Waals surface area contributed by atoms with E-state index in [9.17, 15) is 0 Å². The Morgan fingerprint density at radius 2 is 0.944 bits per heavy atom. The van der Waals surface area contributed by atoms with E-state index < -0.39 is 0 Å². The van der Waals surface area contributed by atoms with Crippen molar-refractivity contribution in [1.29, 1.82) is 0 Å². The van der Waals surface area contributed by atoms with Crippen LogP contribution in [0.5, 0.6) is 0 Å². The number of hydrogen-bond donors (Lipinski definition) is 0. The molecule has 0 spiro atoms. The lowest BCUT2D eigenvalue weighted by Crippen LogP contribution is -3.00. The SMILES string of the molecule is CCCCCCCCCCCCCCCCCC[n+]1ccc(C=Cc2ccc(N(C)C)cc2)cc1.[I-]. The number of aryl methyl sites for hydroxylation is 1. The minimum atomic E-state index is 0. The molecule has 0 bridgehead atoms. The Balaban J connectivity index is 0.00000648. The van der Waals surface area contributed by atoms with Crippen molar-refractivity contribution in [2.24, 2.45) is 0 Å². The standard InChI is InChI=1S/C33H53N2.HI/c1-4-5-6-7-8-9-10-11-12-13-14-15-16-17-18-19-28-35-29-26-32(27-30-35)21-20-31-22-24-33(25-23-31)34(2)3;/h20-27,29-30H,4-19,28H2,1-3H3;1H/q+1;/p-1. The third-order valence-corrected chi connectivity index (χ3v) is 7.06. The largest absolute Gasteiger partial charge is 1.00 e. The van der Waals surface area contributed by atoms with Crippen molar-refractivity contribution in [2.45, 2.75) is 116 Å². The summed E-state index contributed by atoms with van der Waals surface area (Å²) in [5.41, 5.74) is 3.72. The topological polar surface area (TPSA) is 7.12 Å². The zero-order chi connectivity index (χ0) is 25.0. The molecule has 2 aromatic rings. The van der Waals surface area contributed by atoms with Crippen molar-refractivity contribution < 1.29 is 28.5 Å². The third-order valence-electron chi connectivity index (χ3n) is 7.06. The van der Waals surface area contributed by atoms with E-state index in [0.717, 1.165) is 6.54 Å². The third kappa shape index (κ3) is 15.7. The van der Waals surface area contributed by atoms with Gasteiger partial charge in [0.05, 0.1) is 0 Å². The molecular formula is C33H53IN2. The van der Waals surface area contributed by atoms with Gasteiger partial charge in [-0.2, -0.15) is 0 Å². The summed E-state index contributed by atoms with van der Waals surface area (Å²) in [4.78, 5) is 2.13. The predicted octanol–water partition coefficient (Wildman–Crippen LogP) is 6.48. The van der Waals surface area contributed by atoms with E-state index >= 15 is 0 Å². The Bertz CT molecular complexity index is 780. The lowest BCUT2D eigenvalue weighted by molar-refractivity contribution is -0.697. The lowest BCUT2D eigenvalue weighted by Gasteiger charge is -2.11. The first-order chi connectivity index (χ1) is 17.2. The summed E-state index contributed by atoms with van der Waals surface area (Å²) < 4.78 is 2.33. The molecule has 0 aliphatic heterocycles. The van der Waals surface area contributed by atoms with E-state index in [1.54, 1.807) is 0 Å². The number of hydrogen-bond acceptors (Lipinski definition) is 1. The first kappa shape index (κ1) is 32.7. The molecule has 202 valence electrons. The second kappa shape index (κ2) is 21.7. The van der Waals surface area contributed by atoms with Gasteiger partial charge in [0, 0.05) is 38.3 Å². The Labute approximate surface area is 240 Å². The zero-order valence-electron chi connectivity index (χ0n) is 23.6. The van der Waals surface area contributed by atoms with Crippen LogP contribution in [-0.2, 0) is 6.54 Å². The normalized spacial score (nSPS) is 11.1. The van der Waals surface area contributed by atoms with Crippen molar-refractivity contribution >= 4 is 17.8 Å². The molecule has 2 rings (SSSR count). The second-order valence-electron chi connectivity index (χ2n) is 10.5. The van der Waals surface area contributed by atoms with Gasteiger partial charge in [0.1, 0.15) is 6.54 Å². The molecule has 0 unspecified atom stereocenters. The van der Waals surface area contributed by atoms with Gasteiger partial charge in [-0.1, -0.05) is 121 Å². The van der Waals surface area contributed by atoms with Gasteiger partial charge in [0.25, 0.3) is 0 Å². The molecule has 1 heterocycles. The molecule has 0 aliphatic carbocycles. The van der Waals surface area contributed by atoms with Crippen LogP contribution in [0.3, 0.4) is 0 Å². The summed E-state index contributed by atoms with van der Waals surface area (Å²) in [7, 11) is 4.15. The molecule has 1 aromatic carbocycles. The Kier molecular flexibility index (Phi) is 19.7. The highest BCUT2D eigenvalue weighted by molar-refractivity contribution is 5.70. The molecule has 2 nitrogen and oxygen atoms in total. The fourth-order valence-electron chi connectivity index (χ4n) is 4.65. The number of benzene rings is 1. The van der Waals surface area contributed by atoms with E-state index in [1.807, 2.05) is 0 Å². The van der Waals surface area contributed by atoms with Gasteiger partial charge in [0.15, 0.2) is 12.4 Å². The molecule has 1 aromatic heterocycles. The zero-order valence-corrected chi connectivity index (χ0v) is 25.7. The summed E-state index contributed by atoms with van der Waals surface area (Å²) in [6.45, 7) is 3.43. The van der Waals surface area contributed by atoms with Gasteiger partial charge in [-0.3, -0.25) is 0 Å². The summed E-state index contributed by atoms with van der Waals surface area (Å²) in [6.07, 6.45) is 31.6. The van der Waals surface area contributed by atoms with Crippen LogP contribution in [0.25, 0.3) is 12.2 Å². The molecule has 0 saturated carbocycles. The molecule has 0 fully saturated rings. The molecule has 0 saturated heterocycles. The smallest absolute Gasteiger partial charge is 0.169 e. The Hall–Kier alpha value is -1.36. The number of aromatic nitrogens is 1. The van der Waals surface area contributed by atoms with Crippen LogP contribution in [0, 0.1) is 0 Å². The van der Waals surface area contributed by atoms with Gasteiger partial charge in [0.2, 0.25) is 0 Å². The predicted molar refractivity (Wildman–Crippen MR) is 156 cm³/mol. The van der Waals surface area contributed by atoms with Crippen LogP contribution in [0.2, 0.25) is 0 Å². The van der Waals surface area contributed by atoms with E-state index in [2.05, 4.69) is 91.4 Å². The quantitative estimate of drug-likeness (QED) is 0.0955. The van der Waals surface area contributed by atoms with Gasteiger partial charge in [-0.15, -0.1) is 0 Å². The highest BCUT2D eigenvalue weighted by Gasteiger charge is 2.01. The summed E-state index contributed by atoms with van der Waals surface area (Å²) in [6, 6.07) is 13.1. The first-order valence-electron chi connectivity index (χ1n) is 14.6. The highest BCUT2D eigenvalue weighted by Crippen LogP contribution is 2.15. The number of nitrogens with zero attached hydrogens (tertiary/aromatic N) is 2. The van der Waals surface area contributed by atoms with Gasteiger partial charge in [-0.25, -0.2) is 4.57 Å². The summed E-state index contributed by atoms with van der Waals surface area (Å²) in [5, 5.41) is 0. The molecule has 0 atom stereocenters. The van der Waals surface area contributed by atoms with Crippen molar-refractivity contribution in [3.8, 4) is 0 Å². The number of anilines is 1. The molecule has 0 aliphatic rings. The minimum Gasteiger partial charge on any atom is -1.00 e. The lowest BCUT2D eigenvalue weighted by atomic mass is 10.0. The highest BCUT2D eigenvalue weighted by atomic mass is 127. The summed E-state index contributed by atoms with van der Waals surface area (Å²) >= 11 is 0. The fraction of sp³-hybridized carbons (Fsp3) is 0.606. The first-order valence-corrected chi connectivity index (χ1v) is 14.6. The van der Waals surface area contributed by atoms with Crippen LogP contribution >= 0.6 is 0 Å². The van der Waals surface area contributed by atoms with E-state index in [4.69, 9.17) is 0 Å². The molecule has 3 heteroatoms. The number of pyridine rings is 1. The molecule has 0 amide bonds. The maximum absolute atomic E-state index is 2.33. The Morgan fingerprint density at radius 3 is 1.36 bits per heavy atom. The summed E-state index contributed by atoms with van der Waals surface area (Å²) in [5.74, 6) is 0. The number of rotatable bonds is 20. The molecule has 0 radical (unpaired) electrons. The molecule has 36 heavy (non-hydrogen) atoms. The van der Waals surface area contributed by atoms with Crippen molar-refractivity contribution in [3.05, 3.63) is 59.9 Å². The number of halogens is 1. The van der Waals surface area contributed by atoms with E-state index in [1.165, 1.54) is 120 Å². The van der Waals surface area contributed by atoms with Crippen LogP contribution in [-0.4, -0.2) is 14.1 Å². The average molecular weight is 605 g/mol. The van der Waals surface area contributed by atoms with Gasteiger partial charge >= 0.3 is 0 Å². The van der Waals surface area contributed by atoms with Crippen molar-refractivity contribution in [1.82, 2.24) is 0 Å². The molecule has 0 N–H and O–H groups in total. The van der Waals surface area contributed by atoms with Crippen molar-refractivity contribution in [2.75, 3.05) is 19.0 Å². The van der Waals surface area contributed by atoms with Crippen LogP contribution in [0.4, 0.5) is 5.69 Å². The fourth-order valence-corrected chi connectivity index (χ4v) is 4.65. The van der Waals surface area contributed by atoms with Gasteiger partial charge in [-0.05, 0) is 29.7 Å². The minimum absolute atomic E-state index is 0. The number of unbranched alkanes of at least 4 members (excludes halogenated alkanes) is 15. The monoisotopic (exact) mass is 604 g/mol. The molecular weight excluding hydrogens is 551 g/mol. The second-order valence-corrected chi connectivity index (χ2v) is 10.5.